The van der Waals surface area contributed by atoms with Gasteiger partial charge in [0.1, 0.15) is 0 Å². The monoisotopic (exact) mass is 286 g/mol. The average Bonchev–Trinajstić information content (AvgIpc) is 2.84. The highest BCUT2D eigenvalue weighted by Crippen LogP contribution is 2.29. The topological polar surface area (TPSA) is 65.1 Å². The van der Waals surface area contributed by atoms with Crippen LogP contribution in [0.25, 0.3) is 10.9 Å². The van der Waals surface area contributed by atoms with E-state index >= 15 is 0 Å². The van der Waals surface area contributed by atoms with Crippen LogP contribution in [0.5, 0.6) is 0 Å². The molecule has 2 aromatic rings. The maximum absolute atomic E-state index is 12.3. The highest BCUT2D eigenvalue weighted by atomic mass is 16.3. The second-order valence-electron chi connectivity index (χ2n) is 6.55. The molecule has 1 aliphatic rings. The molecule has 1 aromatic heterocycles. The molecule has 0 unspecified atom stereocenters. The first kappa shape index (κ1) is 14.1. The molecular formula is C17H22N2O2. The minimum absolute atomic E-state index is 0.0828. The zero-order valence-electron chi connectivity index (χ0n) is 12.6. The SMILES string of the molecule is CC(C)(CO)NC(=O)c1ccc2[nH]c3c(c2c1)CCCC3. The minimum Gasteiger partial charge on any atom is -0.394 e. The fraction of sp³-hybridized carbons (Fsp3) is 0.471. The molecule has 1 amide bonds. The molecule has 21 heavy (non-hydrogen) atoms. The van der Waals surface area contributed by atoms with Gasteiger partial charge in [0.05, 0.1) is 12.1 Å². The summed E-state index contributed by atoms with van der Waals surface area (Å²) in [6.07, 6.45) is 4.64. The van der Waals surface area contributed by atoms with Crippen molar-refractivity contribution in [1.29, 1.82) is 0 Å². The van der Waals surface area contributed by atoms with Crippen LogP contribution >= 0.6 is 0 Å². The lowest BCUT2D eigenvalue weighted by Crippen LogP contribution is -2.46. The Morgan fingerprint density at radius 2 is 2.10 bits per heavy atom. The summed E-state index contributed by atoms with van der Waals surface area (Å²) in [6.45, 7) is 3.53. The van der Waals surface area contributed by atoms with Crippen LogP contribution in [0.2, 0.25) is 0 Å². The smallest absolute Gasteiger partial charge is 0.251 e. The lowest BCUT2D eigenvalue weighted by atomic mass is 9.95. The van der Waals surface area contributed by atoms with Crippen molar-refractivity contribution in [2.75, 3.05) is 6.61 Å². The zero-order chi connectivity index (χ0) is 15.0. The second kappa shape index (κ2) is 5.19. The third kappa shape index (κ3) is 2.68. The molecule has 0 spiro atoms. The predicted molar refractivity (Wildman–Crippen MR) is 83.6 cm³/mol. The summed E-state index contributed by atoms with van der Waals surface area (Å²) >= 11 is 0. The van der Waals surface area contributed by atoms with Crippen LogP contribution in [0.15, 0.2) is 18.2 Å². The third-order valence-corrected chi connectivity index (χ3v) is 4.21. The van der Waals surface area contributed by atoms with E-state index in [0.717, 1.165) is 18.4 Å². The van der Waals surface area contributed by atoms with Gasteiger partial charge in [-0.15, -0.1) is 0 Å². The van der Waals surface area contributed by atoms with Crippen molar-refractivity contribution in [1.82, 2.24) is 10.3 Å². The van der Waals surface area contributed by atoms with E-state index < -0.39 is 5.54 Å². The number of aryl methyl sites for hydroxylation is 2. The van der Waals surface area contributed by atoms with Gasteiger partial charge in [-0.1, -0.05) is 0 Å². The number of carbonyl (C=O) groups is 1. The van der Waals surface area contributed by atoms with E-state index in [0.29, 0.717) is 5.56 Å². The van der Waals surface area contributed by atoms with Crippen LogP contribution in [0, 0.1) is 0 Å². The third-order valence-electron chi connectivity index (χ3n) is 4.21. The van der Waals surface area contributed by atoms with Crippen molar-refractivity contribution in [3.05, 3.63) is 35.0 Å². The first-order chi connectivity index (χ1) is 10.00. The minimum atomic E-state index is -0.608. The molecule has 0 saturated carbocycles. The number of benzene rings is 1. The van der Waals surface area contributed by atoms with Gasteiger partial charge < -0.3 is 15.4 Å². The van der Waals surface area contributed by atoms with Crippen LogP contribution in [0.4, 0.5) is 0 Å². The van der Waals surface area contributed by atoms with E-state index in [-0.39, 0.29) is 12.5 Å². The first-order valence-corrected chi connectivity index (χ1v) is 7.57. The Labute approximate surface area is 124 Å². The van der Waals surface area contributed by atoms with Crippen LogP contribution in [-0.2, 0) is 12.8 Å². The van der Waals surface area contributed by atoms with E-state index in [4.69, 9.17) is 0 Å². The fourth-order valence-electron chi connectivity index (χ4n) is 2.97. The number of aliphatic hydroxyl groups excluding tert-OH is 1. The van der Waals surface area contributed by atoms with E-state index in [1.165, 1.54) is 29.5 Å². The fourth-order valence-corrected chi connectivity index (χ4v) is 2.97. The van der Waals surface area contributed by atoms with E-state index in [2.05, 4.69) is 10.3 Å². The summed E-state index contributed by atoms with van der Waals surface area (Å²) in [4.78, 5) is 15.8. The Morgan fingerprint density at radius 1 is 1.33 bits per heavy atom. The lowest BCUT2D eigenvalue weighted by molar-refractivity contribution is 0.0869. The summed E-state index contributed by atoms with van der Waals surface area (Å²) in [5.74, 6) is -0.137. The second-order valence-corrected chi connectivity index (χ2v) is 6.55. The number of hydrogen-bond acceptors (Lipinski definition) is 2. The van der Waals surface area contributed by atoms with Crippen molar-refractivity contribution >= 4 is 16.8 Å². The Hall–Kier alpha value is -1.81. The molecule has 0 aliphatic heterocycles. The van der Waals surface area contributed by atoms with Crippen LogP contribution < -0.4 is 5.32 Å². The average molecular weight is 286 g/mol. The van der Waals surface area contributed by atoms with Crippen LogP contribution in [0.1, 0.15) is 48.3 Å². The highest BCUT2D eigenvalue weighted by molar-refractivity contribution is 5.99. The van der Waals surface area contributed by atoms with Crippen molar-refractivity contribution in [2.45, 2.75) is 45.1 Å². The predicted octanol–water partition coefficient (Wildman–Crippen LogP) is 2.55. The molecule has 3 N–H and O–H groups in total. The molecule has 3 rings (SSSR count). The number of H-pyrrole nitrogens is 1. The Bertz CT molecular complexity index is 685. The maximum Gasteiger partial charge on any atom is 0.251 e. The largest absolute Gasteiger partial charge is 0.394 e. The maximum atomic E-state index is 12.3. The number of carbonyl (C=O) groups excluding carboxylic acids is 1. The van der Waals surface area contributed by atoms with Gasteiger partial charge in [0.2, 0.25) is 0 Å². The molecule has 1 heterocycles. The van der Waals surface area contributed by atoms with Crippen LogP contribution in [-0.4, -0.2) is 28.1 Å². The standard InChI is InChI=1S/C17H22N2O2/c1-17(2,10-20)19-16(21)11-7-8-15-13(9-11)12-5-3-4-6-14(12)18-15/h7-9,18,20H,3-6,10H2,1-2H3,(H,19,21). The van der Waals surface area contributed by atoms with Crippen molar-refractivity contribution < 1.29 is 9.90 Å². The normalized spacial score (nSPS) is 15.0. The molecule has 4 nitrogen and oxygen atoms in total. The molecule has 4 heteroatoms. The number of nitrogens with one attached hydrogen (secondary N) is 2. The number of amides is 1. The summed E-state index contributed by atoms with van der Waals surface area (Å²) < 4.78 is 0. The molecule has 0 bridgehead atoms. The molecule has 0 radical (unpaired) electrons. The van der Waals surface area contributed by atoms with Crippen molar-refractivity contribution in [3.8, 4) is 0 Å². The number of aromatic amines is 1. The van der Waals surface area contributed by atoms with Crippen molar-refractivity contribution in [3.63, 3.8) is 0 Å². The Balaban J connectivity index is 1.95. The van der Waals surface area contributed by atoms with Gasteiger partial charge in [0.15, 0.2) is 0 Å². The molecular weight excluding hydrogens is 264 g/mol. The summed E-state index contributed by atoms with van der Waals surface area (Å²) in [6, 6.07) is 5.79. The van der Waals surface area contributed by atoms with Gasteiger partial charge in [-0.3, -0.25) is 4.79 Å². The van der Waals surface area contributed by atoms with Crippen LogP contribution in [0.3, 0.4) is 0 Å². The highest BCUT2D eigenvalue weighted by Gasteiger charge is 2.21. The molecule has 0 atom stereocenters. The summed E-state index contributed by atoms with van der Waals surface area (Å²) in [5, 5.41) is 13.3. The van der Waals surface area contributed by atoms with Gasteiger partial charge in [0, 0.05) is 22.2 Å². The molecule has 0 fully saturated rings. The van der Waals surface area contributed by atoms with Gasteiger partial charge in [-0.2, -0.15) is 0 Å². The van der Waals surface area contributed by atoms with Gasteiger partial charge in [-0.25, -0.2) is 0 Å². The number of aliphatic hydroxyl groups is 1. The lowest BCUT2D eigenvalue weighted by Gasteiger charge is -2.23. The number of aromatic nitrogens is 1. The quantitative estimate of drug-likeness (QED) is 0.812. The number of rotatable bonds is 3. The first-order valence-electron chi connectivity index (χ1n) is 7.57. The number of fused-ring (bicyclic) bond motifs is 3. The molecule has 1 aliphatic carbocycles. The Kier molecular flexibility index (Phi) is 3.49. The summed E-state index contributed by atoms with van der Waals surface area (Å²) in [7, 11) is 0. The van der Waals surface area contributed by atoms with E-state index in [1.54, 1.807) is 0 Å². The Morgan fingerprint density at radius 3 is 2.86 bits per heavy atom. The molecule has 112 valence electrons. The number of hydrogen-bond donors (Lipinski definition) is 3. The zero-order valence-corrected chi connectivity index (χ0v) is 12.6. The van der Waals surface area contributed by atoms with E-state index in [1.807, 2.05) is 32.0 Å². The van der Waals surface area contributed by atoms with Crippen molar-refractivity contribution in [2.24, 2.45) is 0 Å². The van der Waals surface area contributed by atoms with Gasteiger partial charge >= 0.3 is 0 Å². The molecule has 0 saturated heterocycles. The van der Waals surface area contributed by atoms with Gasteiger partial charge in [0.25, 0.3) is 5.91 Å². The summed E-state index contributed by atoms with van der Waals surface area (Å²) in [5.41, 5.74) is 3.84. The van der Waals surface area contributed by atoms with Gasteiger partial charge in [-0.05, 0) is 63.3 Å². The molecule has 1 aromatic carbocycles. The van der Waals surface area contributed by atoms with E-state index in [9.17, 15) is 9.90 Å².